The molecular weight excluding hydrogens is 166 g/mol. The fourth-order valence-electron chi connectivity index (χ4n) is 0.988. The minimum atomic E-state index is -1.08. The maximum Gasteiger partial charge on any atom is 0.0956 e. The van der Waals surface area contributed by atoms with Crippen molar-refractivity contribution in [2.24, 2.45) is 16.6 Å². The van der Waals surface area contributed by atoms with Gasteiger partial charge < -0.3 is 11.5 Å². The molecule has 0 aliphatic rings. The van der Waals surface area contributed by atoms with Crippen LogP contribution in [-0.2, 0) is 5.66 Å². The van der Waals surface area contributed by atoms with Crippen molar-refractivity contribution in [3.63, 3.8) is 0 Å². The van der Waals surface area contributed by atoms with Crippen LogP contribution in [0.5, 0.6) is 0 Å². The van der Waals surface area contributed by atoms with E-state index in [-0.39, 0.29) is 6.54 Å². The summed E-state index contributed by atoms with van der Waals surface area (Å²) in [5.41, 5.74) is 19.3. The Hall–Kier alpha value is -1.55. The van der Waals surface area contributed by atoms with Gasteiger partial charge in [0.1, 0.15) is 0 Å². The Labute approximate surface area is 76.0 Å². The zero-order valence-electron chi connectivity index (χ0n) is 7.09. The van der Waals surface area contributed by atoms with Gasteiger partial charge in [0, 0.05) is 4.91 Å². The largest absolute Gasteiger partial charge is 0.310 e. The molecule has 0 fully saturated rings. The van der Waals surface area contributed by atoms with Crippen molar-refractivity contribution >= 4 is 0 Å². The maximum absolute atomic E-state index is 8.12. The fourth-order valence-corrected chi connectivity index (χ4v) is 0.988. The van der Waals surface area contributed by atoms with Crippen molar-refractivity contribution < 1.29 is 0 Å². The summed E-state index contributed by atoms with van der Waals surface area (Å²) in [4.78, 5) is 2.61. The Kier molecular flexibility index (Phi) is 2.87. The zero-order valence-corrected chi connectivity index (χ0v) is 7.09. The molecule has 0 amide bonds. The van der Waals surface area contributed by atoms with Crippen LogP contribution in [0.4, 0.5) is 0 Å². The molecule has 0 aliphatic heterocycles. The van der Waals surface area contributed by atoms with Gasteiger partial charge in [-0.25, -0.2) is 0 Å². The lowest BCUT2D eigenvalue weighted by molar-refractivity contribution is 0.477. The van der Waals surface area contributed by atoms with Gasteiger partial charge in [-0.2, -0.15) is 0 Å². The second-order valence-electron chi connectivity index (χ2n) is 2.80. The molecule has 1 aromatic rings. The standard InChI is InChI=1S/C8H11N5/c9-8(10,6-12-13-11)7-4-2-1-3-5-7/h1-5H,6,9-10H2. The smallest absolute Gasteiger partial charge is 0.0956 e. The van der Waals surface area contributed by atoms with E-state index in [0.717, 1.165) is 5.56 Å². The number of rotatable bonds is 3. The van der Waals surface area contributed by atoms with Crippen LogP contribution in [-0.4, -0.2) is 6.54 Å². The molecule has 0 spiro atoms. The Bertz CT molecular complexity index is 313. The first-order valence-electron chi connectivity index (χ1n) is 3.81. The molecule has 5 nitrogen and oxygen atoms in total. The van der Waals surface area contributed by atoms with E-state index in [1.54, 1.807) is 12.1 Å². The lowest BCUT2D eigenvalue weighted by Crippen LogP contribution is -2.48. The van der Waals surface area contributed by atoms with Crippen LogP contribution in [0.25, 0.3) is 10.4 Å². The van der Waals surface area contributed by atoms with E-state index in [0.29, 0.717) is 0 Å². The highest BCUT2D eigenvalue weighted by Crippen LogP contribution is 2.11. The summed E-state index contributed by atoms with van der Waals surface area (Å²) in [6, 6.07) is 9.13. The van der Waals surface area contributed by atoms with Gasteiger partial charge in [0.25, 0.3) is 0 Å². The summed E-state index contributed by atoms with van der Waals surface area (Å²) in [5, 5.41) is 3.35. The summed E-state index contributed by atoms with van der Waals surface area (Å²) in [5.74, 6) is 0. The zero-order chi connectivity index (χ0) is 9.73. The summed E-state index contributed by atoms with van der Waals surface area (Å²) in [6.07, 6.45) is 0. The highest BCUT2D eigenvalue weighted by atomic mass is 15.2. The van der Waals surface area contributed by atoms with Crippen LogP contribution < -0.4 is 11.5 Å². The van der Waals surface area contributed by atoms with Gasteiger partial charge in [-0.1, -0.05) is 35.4 Å². The van der Waals surface area contributed by atoms with Gasteiger partial charge >= 0.3 is 0 Å². The molecule has 0 atom stereocenters. The van der Waals surface area contributed by atoms with Crippen molar-refractivity contribution in [1.29, 1.82) is 0 Å². The van der Waals surface area contributed by atoms with E-state index in [9.17, 15) is 0 Å². The van der Waals surface area contributed by atoms with E-state index in [4.69, 9.17) is 17.0 Å². The Morgan fingerprint density at radius 1 is 1.31 bits per heavy atom. The Morgan fingerprint density at radius 3 is 2.46 bits per heavy atom. The quantitative estimate of drug-likeness (QED) is 0.312. The van der Waals surface area contributed by atoms with Crippen molar-refractivity contribution in [2.45, 2.75) is 5.66 Å². The van der Waals surface area contributed by atoms with Crippen LogP contribution in [0.3, 0.4) is 0 Å². The lowest BCUT2D eigenvalue weighted by atomic mass is 10.0. The molecule has 0 radical (unpaired) electrons. The summed E-state index contributed by atoms with van der Waals surface area (Å²) >= 11 is 0. The van der Waals surface area contributed by atoms with Gasteiger partial charge in [-0.3, -0.25) is 0 Å². The predicted molar refractivity (Wildman–Crippen MR) is 50.5 cm³/mol. The minimum Gasteiger partial charge on any atom is -0.310 e. The van der Waals surface area contributed by atoms with Crippen LogP contribution in [0.1, 0.15) is 5.56 Å². The van der Waals surface area contributed by atoms with Crippen molar-refractivity contribution in [1.82, 2.24) is 0 Å². The maximum atomic E-state index is 8.12. The first-order valence-corrected chi connectivity index (χ1v) is 3.81. The first kappa shape index (κ1) is 9.54. The monoisotopic (exact) mass is 177 g/mol. The summed E-state index contributed by atoms with van der Waals surface area (Å²) in [7, 11) is 0. The SMILES string of the molecule is [N-]=[N+]=NCC(N)(N)c1ccccc1. The molecular formula is C8H11N5. The fraction of sp³-hybridized carbons (Fsp3) is 0.250. The Balaban J connectivity index is 2.87. The van der Waals surface area contributed by atoms with Crippen molar-refractivity contribution in [3.8, 4) is 0 Å². The van der Waals surface area contributed by atoms with Gasteiger partial charge in [-0.05, 0) is 11.1 Å². The average Bonchev–Trinajstić information content (AvgIpc) is 2.16. The number of nitrogens with zero attached hydrogens (tertiary/aromatic N) is 3. The number of azide groups is 1. The molecule has 0 unspecified atom stereocenters. The van der Waals surface area contributed by atoms with Gasteiger partial charge in [-0.15, -0.1) is 0 Å². The highest BCUT2D eigenvalue weighted by Gasteiger charge is 2.19. The molecule has 1 rings (SSSR count). The van der Waals surface area contributed by atoms with Gasteiger partial charge in [0.15, 0.2) is 0 Å². The molecule has 0 bridgehead atoms. The molecule has 0 saturated carbocycles. The molecule has 1 aromatic carbocycles. The van der Waals surface area contributed by atoms with Crippen LogP contribution >= 0.6 is 0 Å². The molecule has 5 heteroatoms. The Morgan fingerprint density at radius 2 is 1.92 bits per heavy atom. The third-order valence-corrected chi connectivity index (χ3v) is 1.71. The lowest BCUT2D eigenvalue weighted by Gasteiger charge is -2.22. The predicted octanol–water partition coefficient (Wildman–Crippen LogP) is 1.07. The van der Waals surface area contributed by atoms with E-state index >= 15 is 0 Å². The number of nitrogens with two attached hydrogens (primary N) is 2. The van der Waals surface area contributed by atoms with E-state index in [2.05, 4.69) is 10.0 Å². The number of hydrogen-bond donors (Lipinski definition) is 2. The van der Waals surface area contributed by atoms with Crippen LogP contribution in [0, 0.1) is 0 Å². The van der Waals surface area contributed by atoms with E-state index < -0.39 is 5.66 Å². The van der Waals surface area contributed by atoms with Crippen LogP contribution in [0.2, 0.25) is 0 Å². The minimum absolute atomic E-state index is 0.0491. The molecule has 0 aromatic heterocycles. The van der Waals surface area contributed by atoms with Gasteiger partial charge in [0.05, 0.1) is 12.2 Å². The average molecular weight is 177 g/mol. The third kappa shape index (κ3) is 2.45. The molecule has 13 heavy (non-hydrogen) atoms. The molecule has 68 valence electrons. The molecule has 4 N–H and O–H groups in total. The molecule has 0 aliphatic carbocycles. The van der Waals surface area contributed by atoms with Gasteiger partial charge in [0.2, 0.25) is 0 Å². The highest BCUT2D eigenvalue weighted by molar-refractivity contribution is 5.22. The first-order chi connectivity index (χ1) is 6.17. The van der Waals surface area contributed by atoms with E-state index in [1.165, 1.54) is 0 Å². The van der Waals surface area contributed by atoms with Crippen molar-refractivity contribution in [2.75, 3.05) is 6.54 Å². The number of benzene rings is 1. The number of hydrogen-bond acceptors (Lipinski definition) is 3. The second-order valence-corrected chi connectivity index (χ2v) is 2.80. The topological polar surface area (TPSA) is 101 Å². The normalized spacial score (nSPS) is 10.6. The van der Waals surface area contributed by atoms with Crippen LogP contribution in [0.15, 0.2) is 35.4 Å². The molecule has 0 saturated heterocycles. The summed E-state index contributed by atoms with van der Waals surface area (Å²) < 4.78 is 0. The molecule has 0 heterocycles. The third-order valence-electron chi connectivity index (χ3n) is 1.71. The second kappa shape index (κ2) is 3.91. The van der Waals surface area contributed by atoms with E-state index in [1.807, 2.05) is 18.2 Å². The van der Waals surface area contributed by atoms with Crippen molar-refractivity contribution in [3.05, 3.63) is 46.3 Å². The summed E-state index contributed by atoms with van der Waals surface area (Å²) in [6.45, 7) is 0.0491.